The molecule has 3 N–H and O–H groups in total. The number of aromatic nitrogens is 3. The third kappa shape index (κ3) is 2.72. The fourth-order valence-corrected chi connectivity index (χ4v) is 1.76. The molecule has 0 aliphatic rings. The number of fused-ring (bicyclic) bond motifs is 1. The number of pyridine rings is 1. The maximum absolute atomic E-state index is 11.8. The third-order valence-corrected chi connectivity index (χ3v) is 2.76. The summed E-state index contributed by atoms with van der Waals surface area (Å²) in [4.78, 5) is 11.8. The molecule has 0 aliphatic carbocycles. The van der Waals surface area contributed by atoms with Crippen LogP contribution in [0.4, 0.5) is 0 Å². The number of carbonyl (C=O) groups excluding carboxylic acids is 1. The van der Waals surface area contributed by atoms with Crippen molar-refractivity contribution in [2.45, 2.75) is 25.4 Å². The molecule has 0 spiro atoms. The number of hydrogen-bond acceptors (Lipinski definition) is 4. The van der Waals surface area contributed by atoms with Gasteiger partial charge in [0.15, 0.2) is 11.5 Å². The fraction of sp³-hybridized carbons (Fsp3) is 0.308. The number of amides is 1. The van der Waals surface area contributed by atoms with Crippen molar-refractivity contribution in [1.82, 2.24) is 19.9 Å². The lowest BCUT2D eigenvalue weighted by atomic mass is 10.2. The number of carbonyl (C=O) groups is 1. The van der Waals surface area contributed by atoms with E-state index in [-0.39, 0.29) is 18.4 Å². The monoisotopic (exact) mass is 257 g/mol. The molecule has 0 saturated heterocycles. The molecule has 2 aromatic rings. The summed E-state index contributed by atoms with van der Waals surface area (Å²) in [6.07, 6.45) is 7.18. The molecule has 0 saturated carbocycles. The first-order valence-electron chi connectivity index (χ1n) is 5.92. The van der Waals surface area contributed by atoms with E-state index in [1.807, 2.05) is 35.7 Å². The molecule has 0 bridgehead atoms. The Labute approximate surface area is 111 Å². The van der Waals surface area contributed by atoms with E-state index in [0.29, 0.717) is 5.82 Å². The van der Waals surface area contributed by atoms with Crippen LogP contribution >= 0.6 is 0 Å². The zero-order valence-corrected chi connectivity index (χ0v) is 10.6. The lowest BCUT2D eigenvalue weighted by molar-refractivity contribution is -0.122. The van der Waals surface area contributed by atoms with Gasteiger partial charge in [0.2, 0.25) is 5.91 Å². The average molecular weight is 257 g/mol. The van der Waals surface area contributed by atoms with Crippen LogP contribution in [0.5, 0.6) is 0 Å². The van der Waals surface area contributed by atoms with Crippen LogP contribution < -0.4 is 11.1 Å². The smallest absolute Gasteiger partial charge is 0.238 e. The van der Waals surface area contributed by atoms with Gasteiger partial charge in [-0.25, -0.2) is 0 Å². The van der Waals surface area contributed by atoms with E-state index >= 15 is 0 Å². The quantitative estimate of drug-likeness (QED) is 0.769. The average Bonchev–Trinajstić information content (AvgIpc) is 2.82. The lowest BCUT2D eigenvalue weighted by Gasteiger charge is -2.15. The zero-order chi connectivity index (χ0) is 13.8. The number of rotatable bonds is 4. The summed E-state index contributed by atoms with van der Waals surface area (Å²) >= 11 is 0. The normalized spacial score (nSPS) is 13.7. The molecule has 0 radical (unpaired) electrons. The summed E-state index contributed by atoms with van der Waals surface area (Å²) in [5, 5.41) is 10.9. The first kappa shape index (κ1) is 13.1. The number of nitrogens with two attached hydrogens (primary N) is 1. The van der Waals surface area contributed by atoms with Crippen molar-refractivity contribution in [2.24, 2.45) is 5.73 Å². The SMILES string of the molecule is C#CCC(N)C(=O)NC(C)c1nnc2ccccn12. The van der Waals surface area contributed by atoms with E-state index < -0.39 is 6.04 Å². The molecule has 6 heteroatoms. The van der Waals surface area contributed by atoms with Gasteiger partial charge in [-0.2, -0.15) is 0 Å². The van der Waals surface area contributed by atoms with Crippen molar-refractivity contribution in [3.05, 3.63) is 30.2 Å². The second kappa shape index (κ2) is 5.50. The van der Waals surface area contributed by atoms with Crippen LogP contribution in [0.3, 0.4) is 0 Å². The highest BCUT2D eigenvalue weighted by atomic mass is 16.2. The molecule has 0 aliphatic heterocycles. The van der Waals surface area contributed by atoms with Gasteiger partial charge in [0, 0.05) is 12.6 Å². The van der Waals surface area contributed by atoms with Gasteiger partial charge in [0.25, 0.3) is 0 Å². The fourth-order valence-electron chi connectivity index (χ4n) is 1.76. The predicted octanol–water partition coefficient (Wildman–Crippen LogP) is 0.257. The van der Waals surface area contributed by atoms with E-state index in [1.54, 1.807) is 0 Å². The van der Waals surface area contributed by atoms with Crippen LogP contribution in [-0.2, 0) is 4.79 Å². The second-order valence-corrected chi connectivity index (χ2v) is 4.23. The van der Waals surface area contributed by atoms with Gasteiger partial charge in [0.05, 0.1) is 12.1 Å². The summed E-state index contributed by atoms with van der Waals surface area (Å²) < 4.78 is 1.82. The summed E-state index contributed by atoms with van der Waals surface area (Å²) in [5.41, 5.74) is 6.37. The van der Waals surface area contributed by atoms with Gasteiger partial charge in [-0.3, -0.25) is 9.20 Å². The van der Waals surface area contributed by atoms with Gasteiger partial charge in [0.1, 0.15) is 0 Å². The van der Waals surface area contributed by atoms with Gasteiger partial charge in [-0.05, 0) is 19.1 Å². The number of nitrogens with one attached hydrogen (secondary N) is 1. The molecule has 2 unspecified atom stereocenters. The van der Waals surface area contributed by atoms with E-state index in [9.17, 15) is 4.79 Å². The Hall–Kier alpha value is -2.39. The molecule has 0 fully saturated rings. The van der Waals surface area contributed by atoms with Crippen LogP contribution in [0, 0.1) is 12.3 Å². The van der Waals surface area contributed by atoms with Gasteiger partial charge >= 0.3 is 0 Å². The number of terminal acetylenes is 1. The minimum absolute atomic E-state index is 0.207. The molecule has 19 heavy (non-hydrogen) atoms. The zero-order valence-electron chi connectivity index (χ0n) is 10.6. The Bertz CT molecular complexity index is 627. The molecule has 2 aromatic heterocycles. The Morgan fingerprint density at radius 2 is 2.37 bits per heavy atom. The minimum Gasteiger partial charge on any atom is -0.345 e. The van der Waals surface area contributed by atoms with Crippen LogP contribution in [0.2, 0.25) is 0 Å². The predicted molar refractivity (Wildman–Crippen MR) is 71.0 cm³/mol. The lowest BCUT2D eigenvalue weighted by Crippen LogP contribution is -2.41. The largest absolute Gasteiger partial charge is 0.345 e. The third-order valence-electron chi connectivity index (χ3n) is 2.76. The van der Waals surface area contributed by atoms with Crippen molar-refractivity contribution in [1.29, 1.82) is 0 Å². The molecule has 1 amide bonds. The van der Waals surface area contributed by atoms with Gasteiger partial charge in [-0.1, -0.05) is 6.07 Å². The highest BCUT2D eigenvalue weighted by molar-refractivity contribution is 5.82. The summed E-state index contributed by atoms with van der Waals surface area (Å²) in [6.45, 7) is 1.82. The Kier molecular flexibility index (Phi) is 3.78. The number of nitrogens with zero attached hydrogens (tertiary/aromatic N) is 3. The maximum atomic E-state index is 11.8. The second-order valence-electron chi connectivity index (χ2n) is 4.23. The van der Waals surface area contributed by atoms with Crippen molar-refractivity contribution >= 4 is 11.6 Å². The first-order valence-corrected chi connectivity index (χ1v) is 5.92. The molecular formula is C13H15N5O. The van der Waals surface area contributed by atoms with Crippen molar-refractivity contribution in [3.63, 3.8) is 0 Å². The number of hydrogen-bond donors (Lipinski definition) is 2. The molecule has 0 aromatic carbocycles. The molecule has 2 heterocycles. The standard InChI is InChI=1S/C13H15N5O/c1-3-6-10(14)13(19)15-9(2)12-17-16-11-7-4-5-8-18(11)12/h1,4-5,7-10H,6,14H2,2H3,(H,15,19). The first-order chi connectivity index (χ1) is 9.13. The Morgan fingerprint density at radius 3 is 3.11 bits per heavy atom. The summed E-state index contributed by atoms with van der Waals surface area (Å²) in [6, 6.07) is 4.59. The molecule has 6 nitrogen and oxygen atoms in total. The van der Waals surface area contributed by atoms with Gasteiger partial charge < -0.3 is 11.1 Å². The van der Waals surface area contributed by atoms with Gasteiger partial charge in [-0.15, -0.1) is 22.5 Å². The van der Waals surface area contributed by atoms with E-state index in [0.717, 1.165) is 5.65 Å². The van der Waals surface area contributed by atoms with Crippen LogP contribution in [0.1, 0.15) is 25.2 Å². The molecule has 2 atom stereocenters. The highest BCUT2D eigenvalue weighted by Crippen LogP contribution is 2.11. The molecule has 98 valence electrons. The Balaban J connectivity index is 2.14. The Morgan fingerprint density at radius 1 is 1.58 bits per heavy atom. The van der Waals surface area contributed by atoms with Crippen LogP contribution in [0.25, 0.3) is 5.65 Å². The van der Waals surface area contributed by atoms with Crippen LogP contribution in [0.15, 0.2) is 24.4 Å². The minimum atomic E-state index is -0.702. The van der Waals surface area contributed by atoms with Crippen molar-refractivity contribution in [3.8, 4) is 12.3 Å². The van der Waals surface area contributed by atoms with E-state index in [2.05, 4.69) is 21.4 Å². The van der Waals surface area contributed by atoms with Crippen molar-refractivity contribution in [2.75, 3.05) is 0 Å². The summed E-state index contributed by atoms with van der Waals surface area (Å²) in [7, 11) is 0. The topological polar surface area (TPSA) is 85.3 Å². The van der Waals surface area contributed by atoms with Crippen LogP contribution in [-0.4, -0.2) is 26.5 Å². The molecular weight excluding hydrogens is 242 g/mol. The van der Waals surface area contributed by atoms with E-state index in [1.165, 1.54) is 0 Å². The maximum Gasteiger partial charge on any atom is 0.238 e. The highest BCUT2D eigenvalue weighted by Gasteiger charge is 2.19. The molecule has 2 rings (SSSR count). The van der Waals surface area contributed by atoms with E-state index in [4.69, 9.17) is 12.2 Å². The summed E-state index contributed by atoms with van der Waals surface area (Å²) in [5.74, 6) is 2.72. The van der Waals surface area contributed by atoms with Crippen molar-refractivity contribution < 1.29 is 4.79 Å².